The predicted octanol–water partition coefficient (Wildman–Crippen LogP) is 2.00. The number of methoxy groups -OCH3 is 1. The summed E-state index contributed by atoms with van der Waals surface area (Å²) in [6, 6.07) is 6.44. The molecule has 1 atom stereocenters. The molecule has 0 bridgehead atoms. The van der Waals surface area contributed by atoms with E-state index < -0.39 is 32.6 Å². The molecular formula is C13H15BrO5S. The third-order valence-electron chi connectivity index (χ3n) is 2.86. The lowest BCUT2D eigenvalue weighted by Gasteiger charge is -2.11. The first-order chi connectivity index (χ1) is 9.27. The summed E-state index contributed by atoms with van der Waals surface area (Å²) in [5.41, 5.74) is 0.322. The topological polar surface area (TPSA) is 77.5 Å². The Labute approximate surface area is 126 Å². The van der Waals surface area contributed by atoms with E-state index >= 15 is 0 Å². The van der Waals surface area contributed by atoms with Gasteiger partial charge in [0.05, 0.1) is 19.3 Å². The Morgan fingerprint density at radius 3 is 2.30 bits per heavy atom. The van der Waals surface area contributed by atoms with Crippen molar-refractivity contribution in [3.8, 4) is 0 Å². The molecule has 0 aromatic heterocycles. The van der Waals surface area contributed by atoms with Gasteiger partial charge in [0.2, 0.25) is 0 Å². The molecule has 1 aromatic carbocycles. The van der Waals surface area contributed by atoms with Crippen LogP contribution in [0.5, 0.6) is 0 Å². The summed E-state index contributed by atoms with van der Waals surface area (Å²) in [7, 11) is -2.50. The fraction of sp³-hybridized carbons (Fsp3) is 0.385. The van der Waals surface area contributed by atoms with Gasteiger partial charge >= 0.3 is 5.97 Å². The summed E-state index contributed by atoms with van der Waals surface area (Å²) in [5.74, 6) is -1.50. The van der Waals surface area contributed by atoms with Crippen LogP contribution in [0.15, 0.2) is 28.7 Å². The van der Waals surface area contributed by atoms with Gasteiger partial charge in [-0.25, -0.2) is 8.42 Å². The van der Waals surface area contributed by atoms with Gasteiger partial charge in [-0.1, -0.05) is 28.1 Å². The Morgan fingerprint density at radius 2 is 1.80 bits per heavy atom. The van der Waals surface area contributed by atoms with Crippen molar-refractivity contribution in [2.45, 2.75) is 18.6 Å². The Kier molecular flexibility index (Phi) is 5.88. The summed E-state index contributed by atoms with van der Waals surface area (Å²) in [6.45, 7) is 1.33. The number of carbonyl (C=O) groups is 2. The molecule has 0 aliphatic rings. The molecule has 0 saturated carbocycles. The zero-order chi connectivity index (χ0) is 15.3. The van der Waals surface area contributed by atoms with Crippen LogP contribution in [0.3, 0.4) is 0 Å². The van der Waals surface area contributed by atoms with E-state index in [1.165, 1.54) is 14.0 Å². The SMILES string of the molecule is COC(=O)CCS(=O)(=O)C(C)C(=O)c1ccc(Br)cc1. The van der Waals surface area contributed by atoms with Gasteiger partial charge in [0.25, 0.3) is 0 Å². The second-order valence-corrected chi connectivity index (χ2v) is 7.56. The van der Waals surface area contributed by atoms with Crippen molar-refractivity contribution in [3.63, 3.8) is 0 Å². The largest absolute Gasteiger partial charge is 0.469 e. The Morgan fingerprint density at radius 1 is 1.25 bits per heavy atom. The molecular weight excluding hydrogens is 348 g/mol. The first kappa shape index (κ1) is 16.8. The molecule has 0 amide bonds. The van der Waals surface area contributed by atoms with E-state index in [2.05, 4.69) is 20.7 Å². The summed E-state index contributed by atoms with van der Waals surface area (Å²) < 4.78 is 29.2. The van der Waals surface area contributed by atoms with Crippen LogP contribution in [0.1, 0.15) is 23.7 Å². The molecule has 0 heterocycles. The quantitative estimate of drug-likeness (QED) is 0.571. The molecule has 0 saturated heterocycles. The van der Waals surface area contributed by atoms with Gasteiger partial charge in [0, 0.05) is 10.0 Å². The minimum absolute atomic E-state index is 0.253. The van der Waals surface area contributed by atoms with Crippen LogP contribution in [0, 0.1) is 0 Å². The number of esters is 1. The van der Waals surface area contributed by atoms with Crippen molar-refractivity contribution in [1.82, 2.24) is 0 Å². The van der Waals surface area contributed by atoms with Gasteiger partial charge in [0.1, 0.15) is 5.25 Å². The maximum Gasteiger partial charge on any atom is 0.306 e. The maximum absolute atomic E-state index is 12.1. The molecule has 0 radical (unpaired) electrons. The van der Waals surface area contributed by atoms with Crippen LogP contribution in [0.25, 0.3) is 0 Å². The number of Topliss-reactive ketones (excluding diaryl/α,β-unsaturated/α-hetero) is 1. The highest BCUT2D eigenvalue weighted by atomic mass is 79.9. The van der Waals surface area contributed by atoms with Crippen LogP contribution in [-0.2, 0) is 19.4 Å². The number of rotatable bonds is 6. The fourth-order valence-electron chi connectivity index (χ4n) is 1.52. The normalized spacial score (nSPS) is 12.8. The van der Waals surface area contributed by atoms with Crippen LogP contribution in [-0.4, -0.2) is 38.3 Å². The van der Waals surface area contributed by atoms with Crippen molar-refractivity contribution in [2.75, 3.05) is 12.9 Å². The summed E-state index contributed by atoms with van der Waals surface area (Å²) >= 11 is 3.24. The summed E-state index contributed by atoms with van der Waals surface area (Å²) in [6.07, 6.45) is -0.253. The third-order valence-corrected chi connectivity index (χ3v) is 5.45. The molecule has 20 heavy (non-hydrogen) atoms. The van der Waals surface area contributed by atoms with Crippen molar-refractivity contribution >= 4 is 37.5 Å². The van der Waals surface area contributed by atoms with Crippen LogP contribution in [0.2, 0.25) is 0 Å². The third kappa shape index (κ3) is 4.42. The molecule has 1 unspecified atom stereocenters. The van der Waals surface area contributed by atoms with Crippen molar-refractivity contribution < 1.29 is 22.7 Å². The highest BCUT2D eigenvalue weighted by Crippen LogP contribution is 2.15. The number of halogens is 1. The second-order valence-electron chi connectivity index (χ2n) is 4.21. The van der Waals surface area contributed by atoms with Crippen LogP contribution >= 0.6 is 15.9 Å². The number of hydrogen-bond donors (Lipinski definition) is 0. The number of sulfone groups is 1. The molecule has 110 valence electrons. The van der Waals surface area contributed by atoms with E-state index in [1.54, 1.807) is 24.3 Å². The molecule has 0 spiro atoms. The van der Waals surface area contributed by atoms with Gasteiger partial charge in [-0.2, -0.15) is 0 Å². The molecule has 1 aromatic rings. The maximum atomic E-state index is 12.1. The Balaban J connectivity index is 2.82. The monoisotopic (exact) mass is 362 g/mol. The first-order valence-corrected chi connectivity index (χ1v) is 8.37. The minimum Gasteiger partial charge on any atom is -0.469 e. The second kappa shape index (κ2) is 6.99. The minimum atomic E-state index is -3.69. The number of ketones is 1. The van der Waals surface area contributed by atoms with E-state index in [4.69, 9.17) is 0 Å². The first-order valence-electron chi connectivity index (χ1n) is 5.86. The van der Waals surface area contributed by atoms with E-state index in [0.717, 1.165) is 4.47 Å². The van der Waals surface area contributed by atoms with Crippen molar-refractivity contribution in [3.05, 3.63) is 34.3 Å². The summed E-state index contributed by atoms with van der Waals surface area (Å²) in [4.78, 5) is 23.1. The Bertz CT molecular complexity index is 592. The average molecular weight is 363 g/mol. The van der Waals surface area contributed by atoms with Crippen LogP contribution in [0.4, 0.5) is 0 Å². The number of ether oxygens (including phenoxy) is 1. The molecule has 0 N–H and O–H groups in total. The van der Waals surface area contributed by atoms with Crippen molar-refractivity contribution in [1.29, 1.82) is 0 Å². The zero-order valence-corrected chi connectivity index (χ0v) is 13.5. The molecule has 1 rings (SSSR count). The lowest BCUT2D eigenvalue weighted by Crippen LogP contribution is -2.30. The molecule has 0 aliphatic heterocycles. The lowest BCUT2D eigenvalue weighted by atomic mass is 10.1. The van der Waals surface area contributed by atoms with E-state index in [-0.39, 0.29) is 6.42 Å². The Hall–Kier alpha value is -1.21. The van der Waals surface area contributed by atoms with Gasteiger partial charge in [0.15, 0.2) is 15.6 Å². The van der Waals surface area contributed by atoms with E-state index in [1.807, 2.05) is 0 Å². The van der Waals surface area contributed by atoms with Crippen LogP contribution < -0.4 is 0 Å². The lowest BCUT2D eigenvalue weighted by molar-refractivity contribution is -0.140. The molecule has 7 heteroatoms. The number of benzene rings is 1. The number of carbonyl (C=O) groups excluding carboxylic acids is 2. The molecule has 5 nitrogen and oxygen atoms in total. The van der Waals surface area contributed by atoms with Crippen molar-refractivity contribution in [2.24, 2.45) is 0 Å². The van der Waals surface area contributed by atoms with Gasteiger partial charge in [-0.15, -0.1) is 0 Å². The average Bonchev–Trinajstić information content (AvgIpc) is 2.44. The van der Waals surface area contributed by atoms with E-state index in [9.17, 15) is 18.0 Å². The predicted molar refractivity (Wildman–Crippen MR) is 78.4 cm³/mol. The highest BCUT2D eigenvalue weighted by Gasteiger charge is 2.29. The molecule has 0 fully saturated rings. The molecule has 0 aliphatic carbocycles. The zero-order valence-electron chi connectivity index (χ0n) is 11.1. The van der Waals surface area contributed by atoms with Gasteiger partial charge in [-0.05, 0) is 19.1 Å². The van der Waals surface area contributed by atoms with Gasteiger partial charge in [-0.3, -0.25) is 9.59 Å². The summed E-state index contributed by atoms with van der Waals surface area (Å²) in [5, 5.41) is -1.19. The van der Waals surface area contributed by atoms with E-state index in [0.29, 0.717) is 5.56 Å². The standard InChI is InChI=1S/C13H15BrO5S/c1-9(20(17,18)8-7-12(15)19-2)13(16)10-3-5-11(14)6-4-10/h3-6,9H,7-8H2,1-2H3. The smallest absolute Gasteiger partial charge is 0.306 e. The van der Waals surface area contributed by atoms with Gasteiger partial charge < -0.3 is 4.74 Å². The number of hydrogen-bond acceptors (Lipinski definition) is 5. The fourth-order valence-corrected chi connectivity index (χ4v) is 3.05. The highest BCUT2D eigenvalue weighted by molar-refractivity contribution is 9.10.